The second kappa shape index (κ2) is 10.1. The molecule has 1 amide bonds. The minimum Gasteiger partial charge on any atom is -0.462 e. The predicted octanol–water partition coefficient (Wildman–Crippen LogP) is 4.92. The predicted molar refractivity (Wildman–Crippen MR) is 110 cm³/mol. The zero-order valence-electron chi connectivity index (χ0n) is 16.4. The average molecular weight is 376 g/mol. The highest BCUT2D eigenvalue weighted by atomic mass is 16.5. The van der Waals surface area contributed by atoms with Crippen molar-refractivity contribution in [3.05, 3.63) is 70.8 Å². The van der Waals surface area contributed by atoms with E-state index in [-0.39, 0.29) is 5.57 Å². The van der Waals surface area contributed by atoms with E-state index in [1.54, 1.807) is 24.3 Å². The first-order valence-electron chi connectivity index (χ1n) is 9.25. The molecule has 144 valence electrons. The Morgan fingerprint density at radius 3 is 2.50 bits per heavy atom. The summed E-state index contributed by atoms with van der Waals surface area (Å²) >= 11 is 0. The van der Waals surface area contributed by atoms with E-state index in [0.29, 0.717) is 23.8 Å². The summed E-state index contributed by atoms with van der Waals surface area (Å²) in [7, 11) is 0. The van der Waals surface area contributed by atoms with Crippen LogP contribution in [0.25, 0.3) is 6.08 Å². The van der Waals surface area contributed by atoms with E-state index < -0.39 is 11.9 Å². The molecule has 0 saturated carbocycles. The number of esters is 1. The van der Waals surface area contributed by atoms with Crippen molar-refractivity contribution in [3.8, 4) is 6.07 Å². The van der Waals surface area contributed by atoms with Crippen LogP contribution in [0.2, 0.25) is 0 Å². The summed E-state index contributed by atoms with van der Waals surface area (Å²) in [5, 5.41) is 12.0. The van der Waals surface area contributed by atoms with Crippen molar-refractivity contribution in [1.82, 2.24) is 0 Å². The summed E-state index contributed by atoms with van der Waals surface area (Å²) in [4.78, 5) is 24.4. The fourth-order valence-corrected chi connectivity index (χ4v) is 2.49. The molecular weight excluding hydrogens is 352 g/mol. The number of carbonyl (C=O) groups is 2. The van der Waals surface area contributed by atoms with Crippen LogP contribution in [0.3, 0.4) is 0 Å². The summed E-state index contributed by atoms with van der Waals surface area (Å²) in [6.07, 6.45) is 2.27. The van der Waals surface area contributed by atoms with Crippen molar-refractivity contribution in [1.29, 1.82) is 5.26 Å². The number of anilines is 1. The van der Waals surface area contributed by atoms with E-state index in [1.165, 1.54) is 11.6 Å². The van der Waals surface area contributed by atoms with Gasteiger partial charge in [-0.1, -0.05) is 51.1 Å². The smallest absolute Gasteiger partial charge is 0.338 e. The molecule has 1 N–H and O–H groups in total. The van der Waals surface area contributed by atoms with Crippen LogP contribution in [0.5, 0.6) is 0 Å². The average Bonchev–Trinajstić information content (AvgIpc) is 2.70. The second-order valence-corrected chi connectivity index (χ2v) is 6.66. The highest BCUT2D eigenvalue weighted by Gasteiger charge is 2.12. The Morgan fingerprint density at radius 2 is 1.89 bits per heavy atom. The van der Waals surface area contributed by atoms with Crippen LogP contribution in [-0.4, -0.2) is 18.5 Å². The first kappa shape index (κ1) is 20.9. The highest BCUT2D eigenvalue weighted by molar-refractivity contribution is 6.10. The van der Waals surface area contributed by atoms with E-state index in [2.05, 4.69) is 19.2 Å². The van der Waals surface area contributed by atoms with Crippen LogP contribution in [0.15, 0.2) is 54.1 Å². The summed E-state index contributed by atoms with van der Waals surface area (Å²) in [6, 6.07) is 16.1. The van der Waals surface area contributed by atoms with Crippen LogP contribution < -0.4 is 5.32 Å². The topological polar surface area (TPSA) is 79.2 Å². The van der Waals surface area contributed by atoms with Crippen LogP contribution in [-0.2, 0) is 9.53 Å². The number of nitriles is 1. The molecule has 0 bridgehead atoms. The van der Waals surface area contributed by atoms with Crippen LogP contribution >= 0.6 is 0 Å². The maximum Gasteiger partial charge on any atom is 0.338 e. The lowest BCUT2D eigenvalue weighted by atomic mass is 10.0. The molecule has 2 rings (SSSR count). The first-order chi connectivity index (χ1) is 13.4. The molecule has 0 spiro atoms. The van der Waals surface area contributed by atoms with E-state index >= 15 is 0 Å². The quantitative estimate of drug-likeness (QED) is 0.422. The molecule has 0 atom stereocenters. The van der Waals surface area contributed by atoms with Gasteiger partial charge in [0.05, 0.1) is 12.2 Å². The van der Waals surface area contributed by atoms with Gasteiger partial charge in [-0.25, -0.2) is 4.79 Å². The van der Waals surface area contributed by atoms with Crippen LogP contribution in [0, 0.1) is 11.3 Å². The number of nitrogens with zero attached hydrogens (tertiary/aromatic N) is 1. The van der Waals surface area contributed by atoms with Crippen LogP contribution in [0.1, 0.15) is 54.6 Å². The Balaban J connectivity index is 2.13. The van der Waals surface area contributed by atoms with Gasteiger partial charge in [-0.15, -0.1) is 0 Å². The Bertz CT molecular complexity index is 906. The number of hydrogen-bond acceptors (Lipinski definition) is 4. The Morgan fingerprint density at radius 1 is 1.18 bits per heavy atom. The molecule has 5 heteroatoms. The number of nitrogens with one attached hydrogen (secondary N) is 1. The molecule has 0 aliphatic heterocycles. The van der Waals surface area contributed by atoms with Crippen molar-refractivity contribution in [3.63, 3.8) is 0 Å². The summed E-state index contributed by atoms with van der Waals surface area (Å²) in [5.41, 5.74) is 2.71. The maximum absolute atomic E-state index is 12.5. The molecule has 0 aromatic heterocycles. The largest absolute Gasteiger partial charge is 0.462 e. The third kappa shape index (κ3) is 5.82. The number of ether oxygens (including phenoxy) is 1. The minimum atomic E-state index is -0.533. The van der Waals surface area contributed by atoms with E-state index in [4.69, 9.17) is 4.74 Å². The highest BCUT2D eigenvalue weighted by Crippen LogP contribution is 2.17. The van der Waals surface area contributed by atoms with Gasteiger partial charge in [0.25, 0.3) is 5.91 Å². The van der Waals surface area contributed by atoms with Gasteiger partial charge in [0.15, 0.2) is 0 Å². The Labute approximate surface area is 165 Å². The maximum atomic E-state index is 12.5. The van der Waals surface area contributed by atoms with Gasteiger partial charge in [-0.05, 0) is 47.7 Å². The molecule has 0 fully saturated rings. The fourth-order valence-electron chi connectivity index (χ4n) is 2.49. The van der Waals surface area contributed by atoms with Gasteiger partial charge >= 0.3 is 5.97 Å². The lowest BCUT2D eigenvalue weighted by Crippen LogP contribution is -2.14. The monoisotopic (exact) mass is 376 g/mol. The second-order valence-electron chi connectivity index (χ2n) is 6.66. The number of benzene rings is 2. The van der Waals surface area contributed by atoms with Gasteiger partial charge in [0.1, 0.15) is 11.6 Å². The first-order valence-corrected chi connectivity index (χ1v) is 9.25. The van der Waals surface area contributed by atoms with Crippen LogP contribution in [0.4, 0.5) is 5.69 Å². The van der Waals surface area contributed by atoms with Crippen molar-refractivity contribution in [2.75, 3.05) is 11.9 Å². The third-order valence-electron chi connectivity index (χ3n) is 4.07. The third-order valence-corrected chi connectivity index (χ3v) is 4.07. The Kier molecular flexibility index (Phi) is 7.53. The zero-order valence-corrected chi connectivity index (χ0v) is 16.4. The van der Waals surface area contributed by atoms with Crippen molar-refractivity contribution in [2.45, 2.75) is 33.1 Å². The number of rotatable bonds is 7. The normalized spacial score (nSPS) is 11.0. The number of amides is 1. The van der Waals surface area contributed by atoms with Crippen molar-refractivity contribution < 1.29 is 14.3 Å². The summed E-state index contributed by atoms with van der Waals surface area (Å²) in [5.74, 6) is -0.568. The molecular formula is C23H24N2O3. The molecule has 2 aromatic carbocycles. The number of hydrogen-bond donors (Lipinski definition) is 1. The van der Waals surface area contributed by atoms with Crippen molar-refractivity contribution >= 4 is 23.6 Å². The van der Waals surface area contributed by atoms with Gasteiger partial charge < -0.3 is 10.1 Å². The molecule has 0 heterocycles. The van der Waals surface area contributed by atoms with E-state index in [0.717, 1.165) is 12.0 Å². The SMILES string of the molecule is CCCOC(=O)c1cccc(NC(=O)/C(C#N)=C\c2ccc(C(C)C)cc2)c1. The lowest BCUT2D eigenvalue weighted by Gasteiger charge is -2.08. The summed E-state index contributed by atoms with van der Waals surface area (Å²) in [6.45, 7) is 6.46. The number of carbonyl (C=O) groups excluding carboxylic acids is 2. The van der Waals surface area contributed by atoms with Gasteiger partial charge in [0.2, 0.25) is 0 Å². The molecule has 0 aliphatic carbocycles. The molecule has 0 saturated heterocycles. The van der Waals surface area contributed by atoms with Gasteiger partial charge in [0, 0.05) is 5.69 Å². The molecule has 5 nitrogen and oxygen atoms in total. The standard InChI is InChI=1S/C23H24N2O3/c1-4-12-28-23(27)19-6-5-7-21(14-19)25-22(26)20(15-24)13-17-8-10-18(11-9-17)16(2)3/h5-11,13-14,16H,4,12H2,1-3H3,(H,25,26)/b20-13-. The lowest BCUT2D eigenvalue weighted by molar-refractivity contribution is -0.112. The Hall–Kier alpha value is -3.39. The van der Waals surface area contributed by atoms with Gasteiger partial charge in [-0.3, -0.25) is 4.79 Å². The molecule has 28 heavy (non-hydrogen) atoms. The zero-order chi connectivity index (χ0) is 20.5. The molecule has 0 unspecified atom stereocenters. The summed E-state index contributed by atoms with van der Waals surface area (Å²) < 4.78 is 5.10. The molecule has 2 aromatic rings. The molecule has 0 radical (unpaired) electrons. The minimum absolute atomic E-state index is 0.0174. The van der Waals surface area contributed by atoms with E-state index in [9.17, 15) is 14.9 Å². The molecule has 0 aliphatic rings. The van der Waals surface area contributed by atoms with E-state index in [1.807, 2.05) is 37.3 Å². The van der Waals surface area contributed by atoms with Crippen molar-refractivity contribution in [2.24, 2.45) is 0 Å². The van der Waals surface area contributed by atoms with Gasteiger partial charge in [-0.2, -0.15) is 5.26 Å². The fraction of sp³-hybridized carbons (Fsp3) is 0.261.